The van der Waals surface area contributed by atoms with Gasteiger partial charge in [-0.2, -0.15) is 0 Å². The number of nitrogens with zero attached hydrogens (tertiary/aromatic N) is 1. The molecule has 0 aromatic heterocycles. The largest absolute Gasteiger partial charge is 0.380 e. The van der Waals surface area contributed by atoms with E-state index in [9.17, 15) is 8.78 Å². The molecule has 0 aliphatic rings. The van der Waals surface area contributed by atoms with Crippen molar-refractivity contribution in [2.45, 2.75) is 19.6 Å². The number of aliphatic imine (C=N–C) groups is 1. The lowest BCUT2D eigenvalue weighted by Gasteiger charge is -2.13. The van der Waals surface area contributed by atoms with Gasteiger partial charge in [-0.25, -0.2) is 8.78 Å². The summed E-state index contributed by atoms with van der Waals surface area (Å²) < 4.78 is 31.8. The molecular weight excluding hydrogens is 451 g/mol. The highest BCUT2D eigenvalue weighted by atomic mass is 127. The Balaban J connectivity index is 0.00000338. The minimum Gasteiger partial charge on any atom is -0.380 e. The number of methoxy groups -OCH3 is 1. The Bertz CT molecular complexity index is 726. The van der Waals surface area contributed by atoms with Crippen LogP contribution in [0.5, 0.6) is 0 Å². The van der Waals surface area contributed by atoms with Gasteiger partial charge in [0.05, 0.1) is 6.61 Å². The number of benzene rings is 2. The molecule has 2 rings (SSSR count). The van der Waals surface area contributed by atoms with Gasteiger partial charge in [-0.3, -0.25) is 4.99 Å². The highest BCUT2D eigenvalue weighted by Crippen LogP contribution is 2.11. The summed E-state index contributed by atoms with van der Waals surface area (Å²) in [6.45, 7) is 1.37. The molecule has 2 N–H and O–H groups in total. The van der Waals surface area contributed by atoms with Gasteiger partial charge in [0.25, 0.3) is 0 Å². The van der Waals surface area contributed by atoms with Crippen LogP contribution >= 0.6 is 24.0 Å². The number of ether oxygens (including phenoxy) is 1. The lowest BCUT2D eigenvalue weighted by Crippen LogP contribution is -2.37. The second-order valence-electron chi connectivity index (χ2n) is 5.59. The molecule has 2 aromatic rings. The Morgan fingerprint density at radius 1 is 1.08 bits per heavy atom. The molecule has 26 heavy (non-hydrogen) atoms. The fraction of sp³-hybridized carbons (Fsp3) is 0.316. The van der Waals surface area contributed by atoms with E-state index in [1.807, 2.05) is 6.07 Å². The number of guanidine groups is 1. The summed E-state index contributed by atoms with van der Waals surface area (Å²) in [5.74, 6) is 0.125. The van der Waals surface area contributed by atoms with E-state index >= 15 is 0 Å². The van der Waals surface area contributed by atoms with Crippen molar-refractivity contribution < 1.29 is 13.5 Å². The van der Waals surface area contributed by atoms with Crippen LogP contribution in [-0.4, -0.2) is 26.7 Å². The van der Waals surface area contributed by atoms with Crippen LogP contribution in [-0.2, 0) is 24.3 Å². The monoisotopic (exact) mass is 475 g/mol. The van der Waals surface area contributed by atoms with Gasteiger partial charge in [-0.1, -0.05) is 18.2 Å². The van der Waals surface area contributed by atoms with Gasteiger partial charge in [0.1, 0.15) is 11.6 Å². The van der Waals surface area contributed by atoms with Crippen LogP contribution in [0.15, 0.2) is 47.5 Å². The average molecular weight is 475 g/mol. The summed E-state index contributed by atoms with van der Waals surface area (Å²) in [5, 5.41) is 6.35. The maximum Gasteiger partial charge on any atom is 0.191 e. The molecule has 0 heterocycles. The molecule has 0 radical (unpaired) electrons. The Labute approximate surface area is 170 Å². The van der Waals surface area contributed by atoms with Crippen LogP contribution in [0.4, 0.5) is 8.78 Å². The molecule has 0 unspecified atom stereocenters. The van der Waals surface area contributed by atoms with Crippen LogP contribution in [0, 0.1) is 11.6 Å². The summed E-state index contributed by atoms with van der Waals surface area (Å²) in [7, 11) is 3.22. The van der Waals surface area contributed by atoms with E-state index in [4.69, 9.17) is 4.74 Å². The quantitative estimate of drug-likeness (QED) is 0.365. The molecule has 0 amide bonds. The summed E-state index contributed by atoms with van der Waals surface area (Å²) in [6.07, 6.45) is 0.687. The van der Waals surface area contributed by atoms with Crippen LogP contribution in [0.25, 0.3) is 0 Å². The zero-order valence-electron chi connectivity index (χ0n) is 14.9. The maximum atomic E-state index is 13.6. The molecule has 2 aromatic carbocycles. The molecule has 4 nitrogen and oxygen atoms in total. The molecule has 0 saturated carbocycles. The van der Waals surface area contributed by atoms with Crippen LogP contribution < -0.4 is 10.6 Å². The highest BCUT2D eigenvalue weighted by Gasteiger charge is 2.05. The van der Waals surface area contributed by atoms with Crippen LogP contribution in [0.3, 0.4) is 0 Å². The van der Waals surface area contributed by atoms with E-state index in [-0.39, 0.29) is 42.2 Å². The van der Waals surface area contributed by atoms with Crippen molar-refractivity contribution in [1.82, 2.24) is 10.6 Å². The lowest BCUT2D eigenvalue weighted by atomic mass is 10.1. The molecule has 0 spiro atoms. The molecule has 0 saturated heterocycles. The van der Waals surface area contributed by atoms with E-state index < -0.39 is 0 Å². The van der Waals surface area contributed by atoms with Crippen molar-refractivity contribution in [3.05, 3.63) is 70.8 Å². The molecule has 0 bridgehead atoms. The van der Waals surface area contributed by atoms with Crippen molar-refractivity contribution in [3.63, 3.8) is 0 Å². The number of hydrogen-bond acceptors (Lipinski definition) is 2. The summed E-state index contributed by atoms with van der Waals surface area (Å²) in [5.41, 5.74) is 2.38. The zero-order chi connectivity index (χ0) is 18.1. The predicted octanol–water partition coefficient (Wildman–Crippen LogP) is 3.64. The first-order chi connectivity index (χ1) is 12.1. The maximum absolute atomic E-state index is 13.6. The van der Waals surface area contributed by atoms with E-state index in [1.54, 1.807) is 25.2 Å². The third-order valence-corrected chi connectivity index (χ3v) is 3.69. The Hall–Kier alpha value is -1.74. The van der Waals surface area contributed by atoms with Gasteiger partial charge >= 0.3 is 0 Å². The molecule has 0 aliphatic carbocycles. The summed E-state index contributed by atoms with van der Waals surface area (Å²) in [4.78, 5) is 4.15. The minimum absolute atomic E-state index is 0. The van der Waals surface area contributed by atoms with Gasteiger partial charge in [0.15, 0.2) is 5.96 Å². The first-order valence-corrected chi connectivity index (χ1v) is 8.07. The number of nitrogens with one attached hydrogen (secondary N) is 2. The van der Waals surface area contributed by atoms with E-state index in [0.29, 0.717) is 31.0 Å². The smallest absolute Gasteiger partial charge is 0.191 e. The normalized spacial score (nSPS) is 11.0. The van der Waals surface area contributed by atoms with Crippen molar-refractivity contribution in [2.75, 3.05) is 20.7 Å². The van der Waals surface area contributed by atoms with Crippen molar-refractivity contribution in [3.8, 4) is 0 Å². The standard InChI is InChI=1S/C19H23F2N3O.HI/c1-22-19(23-9-8-14-4-3-5-17(20)11-14)24-12-15-6-7-18(21)16(10-15)13-25-2;/h3-7,10-11H,8-9,12-13H2,1-2H3,(H2,22,23,24);1H. The Morgan fingerprint density at radius 3 is 2.58 bits per heavy atom. The Kier molecular flexibility index (Phi) is 10.1. The van der Waals surface area contributed by atoms with E-state index in [2.05, 4.69) is 15.6 Å². The molecule has 142 valence electrons. The van der Waals surface area contributed by atoms with E-state index in [0.717, 1.165) is 11.1 Å². The summed E-state index contributed by atoms with van der Waals surface area (Å²) in [6, 6.07) is 11.5. The van der Waals surface area contributed by atoms with Crippen molar-refractivity contribution in [2.24, 2.45) is 4.99 Å². The molecular formula is C19H24F2IN3O. The average Bonchev–Trinajstić information content (AvgIpc) is 2.60. The SMILES string of the molecule is CN=C(NCCc1cccc(F)c1)NCc1ccc(F)c(COC)c1.I. The van der Waals surface area contributed by atoms with E-state index in [1.165, 1.54) is 25.3 Å². The predicted molar refractivity (Wildman–Crippen MR) is 111 cm³/mol. The molecule has 0 fully saturated rings. The van der Waals surface area contributed by atoms with Crippen molar-refractivity contribution in [1.29, 1.82) is 0 Å². The number of rotatable bonds is 7. The van der Waals surface area contributed by atoms with Gasteiger partial charge in [-0.05, 0) is 41.8 Å². The number of halogens is 3. The van der Waals surface area contributed by atoms with Crippen LogP contribution in [0.2, 0.25) is 0 Å². The van der Waals surface area contributed by atoms with Crippen LogP contribution in [0.1, 0.15) is 16.7 Å². The first-order valence-electron chi connectivity index (χ1n) is 8.07. The van der Waals surface area contributed by atoms with Crippen molar-refractivity contribution >= 4 is 29.9 Å². The second kappa shape index (κ2) is 11.8. The third-order valence-electron chi connectivity index (χ3n) is 3.69. The molecule has 0 aliphatic heterocycles. The third kappa shape index (κ3) is 7.25. The fourth-order valence-electron chi connectivity index (χ4n) is 2.43. The lowest BCUT2D eigenvalue weighted by molar-refractivity contribution is 0.181. The fourth-order valence-corrected chi connectivity index (χ4v) is 2.43. The van der Waals surface area contributed by atoms with Gasteiger partial charge in [0.2, 0.25) is 0 Å². The zero-order valence-corrected chi connectivity index (χ0v) is 17.2. The minimum atomic E-state index is -0.275. The summed E-state index contributed by atoms with van der Waals surface area (Å²) >= 11 is 0. The second-order valence-corrected chi connectivity index (χ2v) is 5.59. The molecule has 0 atom stereocenters. The van der Waals surface area contributed by atoms with Gasteiger partial charge in [-0.15, -0.1) is 24.0 Å². The van der Waals surface area contributed by atoms with Gasteiger partial charge in [0, 0.05) is 32.8 Å². The first kappa shape index (κ1) is 22.3. The Morgan fingerprint density at radius 2 is 1.88 bits per heavy atom. The molecule has 7 heteroatoms. The highest BCUT2D eigenvalue weighted by molar-refractivity contribution is 14.0. The topological polar surface area (TPSA) is 45.7 Å². The van der Waals surface area contributed by atoms with Gasteiger partial charge < -0.3 is 15.4 Å². The number of hydrogen-bond donors (Lipinski definition) is 2.